The Morgan fingerprint density at radius 3 is 2.64 bits per heavy atom. The number of nitro groups is 1. The van der Waals surface area contributed by atoms with Crippen LogP contribution in [0.1, 0.15) is 17.3 Å². The molecule has 0 aliphatic heterocycles. The van der Waals surface area contributed by atoms with Gasteiger partial charge >= 0.3 is 5.97 Å². The Hall–Kier alpha value is -2.81. The number of hydrogen-bond donors (Lipinski definition) is 1. The van der Waals surface area contributed by atoms with Gasteiger partial charge in [-0.25, -0.2) is 9.18 Å². The Balaban J connectivity index is 2.03. The van der Waals surface area contributed by atoms with Gasteiger partial charge in [-0.1, -0.05) is 22.0 Å². The molecule has 0 aliphatic rings. The number of amides is 1. The Bertz CT molecular complexity index is 843. The number of carbonyl (C=O) groups excluding carboxylic acids is 2. The summed E-state index contributed by atoms with van der Waals surface area (Å²) in [5.74, 6) is -2.48. The van der Waals surface area contributed by atoms with Crippen molar-refractivity contribution in [3.63, 3.8) is 0 Å². The van der Waals surface area contributed by atoms with Gasteiger partial charge in [-0.3, -0.25) is 14.9 Å². The second kappa shape index (κ2) is 7.84. The van der Waals surface area contributed by atoms with Crippen LogP contribution in [0.2, 0.25) is 0 Å². The largest absolute Gasteiger partial charge is 0.449 e. The first-order valence-electron chi connectivity index (χ1n) is 6.99. The van der Waals surface area contributed by atoms with Crippen molar-refractivity contribution in [3.05, 3.63) is 68.4 Å². The standard InChI is InChI=1S/C16H12BrFN2O5/c1-9(25-16(22)13-6-5-10(17)7-14(13)18)15(21)19-11-3-2-4-12(8-11)20(23)24/h2-9H,1H3,(H,19,21). The Kier molecular flexibility index (Phi) is 5.81. The van der Waals surface area contributed by atoms with Crippen LogP contribution in [0, 0.1) is 15.9 Å². The Morgan fingerprint density at radius 1 is 1.28 bits per heavy atom. The number of nitrogens with one attached hydrogen (secondary N) is 1. The third kappa shape index (κ3) is 4.83. The lowest BCUT2D eigenvalue weighted by molar-refractivity contribution is -0.384. The zero-order chi connectivity index (χ0) is 18.6. The first-order chi connectivity index (χ1) is 11.8. The predicted molar refractivity (Wildman–Crippen MR) is 90.7 cm³/mol. The molecule has 0 saturated carbocycles. The van der Waals surface area contributed by atoms with Gasteiger partial charge in [0, 0.05) is 22.3 Å². The van der Waals surface area contributed by atoms with E-state index in [1.54, 1.807) is 0 Å². The third-order valence-corrected chi connectivity index (χ3v) is 3.62. The molecule has 0 aliphatic carbocycles. The summed E-state index contributed by atoms with van der Waals surface area (Å²) in [6, 6.07) is 9.09. The van der Waals surface area contributed by atoms with Crippen molar-refractivity contribution in [1.82, 2.24) is 0 Å². The minimum Gasteiger partial charge on any atom is -0.449 e. The van der Waals surface area contributed by atoms with Gasteiger partial charge in [0.1, 0.15) is 5.82 Å². The number of rotatable bonds is 5. The van der Waals surface area contributed by atoms with Gasteiger partial charge in [0.25, 0.3) is 11.6 Å². The van der Waals surface area contributed by atoms with Gasteiger partial charge in [-0.05, 0) is 31.2 Å². The number of carbonyl (C=O) groups is 2. The lowest BCUT2D eigenvalue weighted by Crippen LogP contribution is -2.30. The molecular weight excluding hydrogens is 399 g/mol. The minimum atomic E-state index is -1.23. The summed E-state index contributed by atoms with van der Waals surface area (Å²) in [7, 11) is 0. The number of benzene rings is 2. The average Bonchev–Trinajstić information content (AvgIpc) is 2.54. The molecule has 0 saturated heterocycles. The van der Waals surface area contributed by atoms with E-state index in [0.717, 1.165) is 6.07 Å². The highest BCUT2D eigenvalue weighted by Gasteiger charge is 2.21. The van der Waals surface area contributed by atoms with Gasteiger partial charge in [0.2, 0.25) is 0 Å². The Labute approximate surface area is 150 Å². The van der Waals surface area contributed by atoms with Crippen LogP contribution in [0.3, 0.4) is 0 Å². The molecule has 1 amide bonds. The minimum absolute atomic E-state index is 0.178. The summed E-state index contributed by atoms with van der Waals surface area (Å²) < 4.78 is 19.1. The van der Waals surface area contributed by atoms with Crippen molar-refractivity contribution in [2.24, 2.45) is 0 Å². The number of ether oxygens (including phenoxy) is 1. The van der Waals surface area contributed by atoms with Crippen LogP contribution in [-0.4, -0.2) is 22.9 Å². The molecule has 2 aromatic rings. The molecule has 0 heterocycles. The van der Waals surface area contributed by atoms with E-state index >= 15 is 0 Å². The zero-order valence-electron chi connectivity index (χ0n) is 12.9. The summed E-state index contributed by atoms with van der Waals surface area (Å²) in [5.41, 5.74) is -0.325. The highest BCUT2D eigenvalue weighted by Crippen LogP contribution is 2.19. The number of anilines is 1. The normalized spacial score (nSPS) is 11.5. The first kappa shape index (κ1) is 18.5. The second-order valence-corrected chi connectivity index (χ2v) is 5.88. The summed E-state index contributed by atoms with van der Waals surface area (Å²) in [6.07, 6.45) is -1.23. The van der Waals surface area contributed by atoms with Crippen molar-refractivity contribution in [2.45, 2.75) is 13.0 Å². The van der Waals surface area contributed by atoms with E-state index in [0.29, 0.717) is 4.47 Å². The van der Waals surface area contributed by atoms with Crippen molar-refractivity contribution in [2.75, 3.05) is 5.32 Å². The molecule has 0 radical (unpaired) electrons. The van der Waals surface area contributed by atoms with Crippen LogP contribution in [0.15, 0.2) is 46.9 Å². The first-order valence-corrected chi connectivity index (χ1v) is 7.78. The smallest absolute Gasteiger partial charge is 0.341 e. The van der Waals surface area contributed by atoms with Gasteiger partial charge in [0.15, 0.2) is 6.10 Å². The number of hydrogen-bond acceptors (Lipinski definition) is 5. The summed E-state index contributed by atoms with van der Waals surface area (Å²) in [4.78, 5) is 34.1. The van der Waals surface area contributed by atoms with Crippen LogP contribution in [0.5, 0.6) is 0 Å². The molecule has 1 N–H and O–H groups in total. The summed E-state index contributed by atoms with van der Waals surface area (Å²) >= 11 is 3.07. The molecular formula is C16H12BrFN2O5. The zero-order valence-corrected chi connectivity index (χ0v) is 14.4. The van der Waals surface area contributed by atoms with Crippen LogP contribution in [-0.2, 0) is 9.53 Å². The topological polar surface area (TPSA) is 98.5 Å². The summed E-state index contributed by atoms with van der Waals surface area (Å²) in [5, 5.41) is 13.1. The van der Waals surface area contributed by atoms with Crippen LogP contribution < -0.4 is 5.32 Å². The fraction of sp³-hybridized carbons (Fsp3) is 0.125. The molecule has 2 rings (SSSR count). The lowest BCUT2D eigenvalue weighted by Gasteiger charge is -2.14. The molecule has 25 heavy (non-hydrogen) atoms. The molecule has 2 aromatic carbocycles. The van der Waals surface area contributed by atoms with E-state index in [2.05, 4.69) is 21.2 Å². The Morgan fingerprint density at radius 2 is 2.00 bits per heavy atom. The van der Waals surface area contributed by atoms with E-state index in [1.165, 1.54) is 43.3 Å². The van der Waals surface area contributed by atoms with E-state index in [4.69, 9.17) is 4.74 Å². The molecule has 0 spiro atoms. The third-order valence-electron chi connectivity index (χ3n) is 3.13. The number of esters is 1. The van der Waals surface area contributed by atoms with Gasteiger partial charge in [-0.2, -0.15) is 0 Å². The van der Waals surface area contributed by atoms with Crippen LogP contribution in [0.4, 0.5) is 15.8 Å². The maximum absolute atomic E-state index is 13.7. The van der Waals surface area contributed by atoms with Crippen LogP contribution >= 0.6 is 15.9 Å². The molecule has 1 atom stereocenters. The fourth-order valence-corrected chi connectivity index (χ4v) is 2.21. The van der Waals surface area contributed by atoms with Crippen molar-refractivity contribution >= 4 is 39.2 Å². The highest BCUT2D eigenvalue weighted by molar-refractivity contribution is 9.10. The SMILES string of the molecule is CC(OC(=O)c1ccc(Br)cc1F)C(=O)Nc1cccc([N+](=O)[O-])c1. The molecule has 0 bridgehead atoms. The van der Waals surface area contributed by atoms with Gasteiger partial charge < -0.3 is 10.1 Å². The van der Waals surface area contributed by atoms with Crippen molar-refractivity contribution < 1.29 is 23.6 Å². The van der Waals surface area contributed by atoms with Crippen molar-refractivity contribution in [3.8, 4) is 0 Å². The second-order valence-electron chi connectivity index (χ2n) is 4.97. The van der Waals surface area contributed by atoms with Crippen molar-refractivity contribution in [1.29, 1.82) is 0 Å². The van der Waals surface area contributed by atoms with E-state index in [9.17, 15) is 24.1 Å². The average molecular weight is 411 g/mol. The molecule has 7 nitrogen and oxygen atoms in total. The van der Waals surface area contributed by atoms with E-state index < -0.39 is 28.7 Å². The van der Waals surface area contributed by atoms with E-state index in [1.807, 2.05) is 0 Å². The highest BCUT2D eigenvalue weighted by atomic mass is 79.9. The predicted octanol–water partition coefficient (Wildman–Crippen LogP) is 3.68. The monoisotopic (exact) mass is 410 g/mol. The van der Waals surface area contributed by atoms with Gasteiger partial charge in [-0.15, -0.1) is 0 Å². The molecule has 0 fully saturated rings. The molecule has 1 unspecified atom stereocenters. The molecule has 9 heteroatoms. The number of nitro benzene ring substituents is 1. The van der Waals surface area contributed by atoms with Gasteiger partial charge in [0.05, 0.1) is 10.5 Å². The lowest BCUT2D eigenvalue weighted by atomic mass is 10.2. The maximum Gasteiger partial charge on any atom is 0.341 e. The number of non-ortho nitro benzene ring substituents is 1. The molecule has 0 aromatic heterocycles. The number of halogens is 2. The fourth-order valence-electron chi connectivity index (χ4n) is 1.87. The quantitative estimate of drug-likeness (QED) is 0.460. The summed E-state index contributed by atoms with van der Waals surface area (Å²) in [6.45, 7) is 1.31. The van der Waals surface area contributed by atoms with E-state index in [-0.39, 0.29) is 16.9 Å². The maximum atomic E-state index is 13.7. The van der Waals surface area contributed by atoms with Crippen LogP contribution in [0.25, 0.3) is 0 Å². The number of nitrogens with zero attached hydrogens (tertiary/aromatic N) is 1. The molecule has 130 valence electrons.